The maximum atomic E-state index is 4.59. The molecule has 96 valence electrons. The lowest BCUT2D eigenvalue weighted by molar-refractivity contribution is 0.287. The largest absolute Gasteiger partial charge is 0.304 e. The summed E-state index contributed by atoms with van der Waals surface area (Å²) in [4.78, 5) is 7.26. The van der Waals surface area contributed by atoms with Crippen molar-refractivity contribution < 1.29 is 0 Å². The van der Waals surface area contributed by atoms with E-state index in [4.69, 9.17) is 0 Å². The zero-order valence-corrected chi connectivity index (χ0v) is 10.8. The zero-order valence-electron chi connectivity index (χ0n) is 10.8. The number of rotatable bonds is 2. The molecule has 3 unspecified atom stereocenters. The number of hydrogen-bond acceptors (Lipinski definition) is 3. The SMILES string of the molecule is c1cnc2c(c1)CCC2NC1CCN2CCCC12. The van der Waals surface area contributed by atoms with Crippen molar-refractivity contribution in [2.24, 2.45) is 0 Å². The van der Waals surface area contributed by atoms with Gasteiger partial charge < -0.3 is 5.32 Å². The van der Waals surface area contributed by atoms with E-state index in [0.29, 0.717) is 12.1 Å². The van der Waals surface area contributed by atoms with Crippen molar-refractivity contribution in [2.75, 3.05) is 13.1 Å². The normalized spacial score (nSPS) is 34.8. The summed E-state index contributed by atoms with van der Waals surface area (Å²) in [6.07, 6.45) is 8.47. The fourth-order valence-electron chi connectivity index (χ4n) is 4.11. The molecule has 4 rings (SSSR count). The van der Waals surface area contributed by atoms with E-state index in [0.717, 1.165) is 6.04 Å². The summed E-state index contributed by atoms with van der Waals surface area (Å²) in [5, 5.41) is 3.90. The van der Waals surface area contributed by atoms with Gasteiger partial charge in [0.05, 0.1) is 11.7 Å². The van der Waals surface area contributed by atoms with Crippen LogP contribution in [0.2, 0.25) is 0 Å². The fraction of sp³-hybridized carbons (Fsp3) is 0.667. The van der Waals surface area contributed by atoms with Crippen LogP contribution in [0.5, 0.6) is 0 Å². The summed E-state index contributed by atoms with van der Waals surface area (Å²) in [5.41, 5.74) is 2.77. The lowest BCUT2D eigenvalue weighted by atomic mass is 10.0. The van der Waals surface area contributed by atoms with Crippen LogP contribution in [0.3, 0.4) is 0 Å². The minimum Gasteiger partial charge on any atom is -0.304 e. The van der Waals surface area contributed by atoms with Crippen LogP contribution in [0, 0.1) is 0 Å². The molecular weight excluding hydrogens is 222 g/mol. The quantitative estimate of drug-likeness (QED) is 0.860. The Kier molecular flexibility index (Phi) is 2.63. The average Bonchev–Trinajstić information content (AvgIpc) is 3.08. The molecule has 0 amide bonds. The molecule has 0 bridgehead atoms. The van der Waals surface area contributed by atoms with E-state index in [2.05, 4.69) is 27.3 Å². The van der Waals surface area contributed by atoms with Gasteiger partial charge in [-0.05, 0) is 50.3 Å². The van der Waals surface area contributed by atoms with Gasteiger partial charge in [-0.3, -0.25) is 9.88 Å². The fourth-order valence-corrected chi connectivity index (χ4v) is 4.11. The monoisotopic (exact) mass is 243 g/mol. The molecule has 3 heteroatoms. The smallest absolute Gasteiger partial charge is 0.0605 e. The first-order valence-corrected chi connectivity index (χ1v) is 7.36. The number of fused-ring (bicyclic) bond motifs is 2. The van der Waals surface area contributed by atoms with Gasteiger partial charge in [-0.25, -0.2) is 0 Å². The maximum absolute atomic E-state index is 4.59. The highest BCUT2D eigenvalue weighted by atomic mass is 15.2. The molecule has 0 radical (unpaired) electrons. The van der Waals surface area contributed by atoms with Crippen molar-refractivity contribution in [1.29, 1.82) is 0 Å². The third-order valence-electron chi connectivity index (χ3n) is 4.98. The van der Waals surface area contributed by atoms with E-state index < -0.39 is 0 Å². The van der Waals surface area contributed by atoms with Crippen molar-refractivity contribution in [3.8, 4) is 0 Å². The van der Waals surface area contributed by atoms with E-state index >= 15 is 0 Å². The summed E-state index contributed by atoms with van der Waals surface area (Å²) in [6.45, 7) is 2.62. The van der Waals surface area contributed by atoms with Gasteiger partial charge in [-0.15, -0.1) is 0 Å². The van der Waals surface area contributed by atoms with Crippen molar-refractivity contribution in [2.45, 2.75) is 50.2 Å². The van der Waals surface area contributed by atoms with E-state index in [1.54, 1.807) is 0 Å². The number of nitrogens with one attached hydrogen (secondary N) is 1. The Morgan fingerprint density at radius 2 is 2.22 bits per heavy atom. The van der Waals surface area contributed by atoms with Gasteiger partial charge in [0.25, 0.3) is 0 Å². The van der Waals surface area contributed by atoms with Crippen LogP contribution in [-0.2, 0) is 6.42 Å². The molecule has 3 atom stereocenters. The van der Waals surface area contributed by atoms with E-state index in [9.17, 15) is 0 Å². The predicted octanol–water partition coefficient (Wildman–Crippen LogP) is 1.90. The van der Waals surface area contributed by atoms with Crippen LogP contribution in [0.4, 0.5) is 0 Å². The lowest BCUT2D eigenvalue weighted by Crippen LogP contribution is -2.40. The van der Waals surface area contributed by atoms with Gasteiger partial charge in [-0.1, -0.05) is 6.07 Å². The molecular formula is C15H21N3. The molecule has 0 saturated carbocycles. The van der Waals surface area contributed by atoms with Crippen LogP contribution in [0.15, 0.2) is 18.3 Å². The standard InChI is InChI=1S/C15H21N3/c1-3-11-5-6-13(15(11)16-8-1)17-12-7-10-18-9-2-4-14(12)18/h1,3,8,12-14,17H,2,4-7,9-10H2. The second-order valence-corrected chi connectivity index (χ2v) is 5.95. The van der Waals surface area contributed by atoms with Crippen LogP contribution in [0.1, 0.15) is 43.0 Å². The predicted molar refractivity (Wildman–Crippen MR) is 71.4 cm³/mol. The van der Waals surface area contributed by atoms with E-state index in [1.165, 1.54) is 56.5 Å². The highest BCUT2D eigenvalue weighted by molar-refractivity contribution is 5.28. The molecule has 0 spiro atoms. The Bertz CT molecular complexity index is 445. The van der Waals surface area contributed by atoms with Gasteiger partial charge in [0.2, 0.25) is 0 Å². The first-order chi connectivity index (χ1) is 8.92. The second kappa shape index (κ2) is 4.32. The molecule has 1 aliphatic carbocycles. The van der Waals surface area contributed by atoms with Gasteiger partial charge in [-0.2, -0.15) is 0 Å². The Labute approximate surface area is 109 Å². The summed E-state index contributed by atoms with van der Waals surface area (Å²) in [7, 11) is 0. The van der Waals surface area contributed by atoms with Crippen molar-refractivity contribution in [3.63, 3.8) is 0 Å². The molecule has 2 fully saturated rings. The van der Waals surface area contributed by atoms with Crippen LogP contribution in [-0.4, -0.2) is 35.1 Å². The number of hydrogen-bond donors (Lipinski definition) is 1. The molecule has 2 saturated heterocycles. The third-order valence-corrected chi connectivity index (χ3v) is 4.98. The third kappa shape index (κ3) is 1.69. The molecule has 2 aliphatic heterocycles. The lowest BCUT2D eigenvalue weighted by Gasteiger charge is -2.24. The number of aryl methyl sites for hydroxylation is 1. The Morgan fingerprint density at radius 3 is 3.22 bits per heavy atom. The van der Waals surface area contributed by atoms with Crippen LogP contribution >= 0.6 is 0 Å². The minimum atomic E-state index is 0.506. The minimum absolute atomic E-state index is 0.506. The number of aromatic nitrogens is 1. The van der Waals surface area contributed by atoms with Crippen LogP contribution < -0.4 is 5.32 Å². The van der Waals surface area contributed by atoms with E-state index in [1.807, 2.05) is 6.20 Å². The Hall–Kier alpha value is -0.930. The molecule has 1 aromatic heterocycles. The summed E-state index contributed by atoms with van der Waals surface area (Å²) >= 11 is 0. The maximum Gasteiger partial charge on any atom is 0.0605 e. The Morgan fingerprint density at radius 1 is 1.22 bits per heavy atom. The molecule has 0 aromatic carbocycles. The molecule has 3 heterocycles. The molecule has 18 heavy (non-hydrogen) atoms. The number of pyridine rings is 1. The second-order valence-electron chi connectivity index (χ2n) is 5.95. The topological polar surface area (TPSA) is 28.2 Å². The van der Waals surface area contributed by atoms with Gasteiger partial charge in [0.1, 0.15) is 0 Å². The van der Waals surface area contributed by atoms with Gasteiger partial charge >= 0.3 is 0 Å². The molecule has 3 nitrogen and oxygen atoms in total. The highest BCUT2D eigenvalue weighted by Crippen LogP contribution is 2.33. The van der Waals surface area contributed by atoms with Crippen molar-refractivity contribution in [3.05, 3.63) is 29.6 Å². The van der Waals surface area contributed by atoms with E-state index in [-0.39, 0.29) is 0 Å². The molecule has 3 aliphatic rings. The average molecular weight is 243 g/mol. The summed E-state index contributed by atoms with van der Waals surface area (Å²) < 4.78 is 0. The summed E-state index contributed by atoms with van der Waals surface area (Å²) in [6, 6.07) is 6.31. The summed E-state index contributed by atoms with van der Waals surface area (Å²) in [5.74, 6) is 0. The zero-order chi connectivity index (χ0) is 11.9. The molecule has 1 aromatic rings. The highest BCUT2D eigenvalue weighted by Gasteiger charge is 2.38. The first-order valence-electron chi connectivity index (χ1n) is 7.36. The first kappa shape index (κ1) is 10.9. The van der Waals surface area contributed by atoms with Gasteiger partial charge in [0, 0.05) is 24.8 Å². The van der Waals surface area contributed by atoms with Crippen molar-refractivity contribution in [1.82, 2.24) is 15.2 Å². The number of nitrogens with zero attached hydrogens (tertiary/aromatic N) is 2. The van der Waals surface area contributed by atoms with Gasteiger partial charge in [0.15, 0.2) is 0 Å². The van der Waals surface area contributed by atoms with Crippen molar-refractivity contribution >= 4 is 0 Å². The molecule has 1 N–H and O–H groups in total. The Balaban J connectivity index is 1.50. The van der Waals surface area contributed by atoms with Crippen LogP contribution in [0.25, 0.3) is 0 Å².